The molecule has 1 unspecified atom stereocenters. The first-order chi connectivity index (χ1) is 12.1. The summed E-state index contributed by atoms with van der Waals surface area (Å²) in [5.41, 5.74) is 0.0697. The zero-order valence-corrected chi connectivity index (χ0v) is 15.2. The maximum Gasteiger partial charge on any atom is 0.191 e. The first-order valence-corrected chi connectivity index (χ1v) is 9.50. The Balaban J connectivity index is 1.72. The highest BCUT2D eigenvalue weighted by atomic mass is 32.2. The maximum atomic E-state index is 13.8. The van der Waals surface area contributed by atoms with Gasteiger partial charge in [0.15, 0.2) is 5.16 Å². The molecule has 1 fully saturated rings. The lowest BCUT2D eigenvalue weighted by Crippen LogP contribution is -2.24. The Labute approximate surface area is 150 Å². The Kier molecular flexibility index (Phi) is 6.03. The van der Waals surface area contributed by atoms with Gasteiger partial charge in [-0.2, -0.15) is 0 Å². The van der Waals surface area contributed by atoms with Crippen LogP contribution in [0.1, 0.15) is 24.2 Å². The summed E-state index contributed by atoms with van der Waals surface area (Å²) >= 11 is 1.53. The normalized spacial score (nSPS) is 17.6. The number of benzene rings is 1. The average Bonchev–Trinajstić information content (AvgIpc) is 3.22. The van der Waals surface area contributed by atoms with Crippen LogP contribution in [0.15, 0.2) is 23.4 Å². The zero-order chi connectivity index (χ0) is 17.8. The van der Waals surface area contributed by atoms with Gasteiger partial charge in [0.05, 0.1) is 19.2 Å². The summed E-state index contributed by atoms with van der Waals surface area (Å²) in [6, 6.07) is 3.92. The van der Waals surface area contributed by atoms with Gasteiger partial charge in [-0.25, -0.2) is 8.78 Å². The minimum absolute atomic E-state index is 0.0697. The summed E-state index contributed by atoms with van der Waals surface area (Å²) in [5, 5.41) is 9.31. The van der Waals surface area contributed by atoms with Crippen LogP contribution in [0.5, 0.6) is 0 Å². The van der Waals surface area contributed by atoms with E-state index in [9.17, 15) is 8.78 Å². The van der Waals surface area contributed by atoms with E-state index in [1.165, 1.54) is 30.0 Å². The predicted molar refractivity (Wildman–Crippen MR) is 92.3 cm³/mol. The van der Waals surface area contributed by atoms with E-state index in [0.29, 0.717) is 13.1 Å². The molecule has 0 saturated carbocycles. The van der Waals surface area contributed by atoms with Gasteiger partial charge >= 0.3 is 0 Å². The van der Waals surface area contributed by atoms with Gasteiger partial charge < -0.3 is 9.30 Å². The molecule has 25 heavy (non-hydrogen) atoms. The Hall–Kier alpha value is -1.51. The second kappa shape index (κ2) is 8.25. The van der Waals surface area contributed by atoms with Crippen LogP contribution >= 0.6 is 11.8 Å². The molecule has 2 heterocycles. The van der Waals surface area contributed by atoms with E-state index in [1.807, 2.05) is 18.2 Å². The SMILES string of the molecule is CSc1nnc(CN(C)Cc2c(F)cccc2F)n1CC1CCCO1. The molecule has 136 valence electrons. The van der Waals surface area contributed by atoms with Crippen molar-refractivity contribution < 1.29 is 13.5 Å². The fourth-order valence-electron chi connectivity index (χ4n) is 3.01. The lowest BCUT2D eigenvalue weighted by molar-refractivity contribution is 0.0934. The molecule has 1 aromatic carbocycles. The highest BCUT2D eigenvalue weighted by Gasteiger charge is 2.21. The van der Waals surface area contributed by atoms with Crippen molar-refractivity contribution in [3.63, 3.8) is 0 Å². The summed E-state index contributed by atoms with van der Waals surface area (Å²) in [6.07, 6.45) is 4.23. The molecule has 0 aliphatic carbocycles. The lowest BCUT2D eigenvalue weighted by Gasteiger charge is -2.19. The molecule has 0 N–H and O–H groups in total. The van der Waals surface area contributed by atoms with E-state index in [4.69, 9.17) is 4.74 Å². The molecule has 1 atom stereocenters. The number of ether oxygens (including phenoxy) is 1. The number of rotatable bonds is 7. The topological polar surface area (TPSA) is 43.2 Å². The standard InChI is InChI=1S/C17H22F2N4OS/c1-22(10-13-14(18)6-3-7-15(13)19)11-16-20-21-17(25-2)23(16)9-12-5-4-8-24-12/h3,6-7,12H,4-5,8-11H2,1-2H3. The molecule has 8 heteroatoms. The van der Waals surface area contributed by atoms with E-state index >= 15 is 0 Å². The van der Waals surface area contributed by atoms with Crippen LogP contribution in [0.4, 0.5) is 8.78 Å². The molecule has 5 nitrogen and oxygen atoms in total. The molecule has 0 amide bonds. The Morgan fingerprint density at radius 2 is 2.04 bits per heavy atom. The third-order valence-corrected chi connectivity index (χ3v) is 4.95. The summed E-state index contributed by atoms with van der Waals surface area (Å²) in [7, 11) is 1.82. The Morgan fingerprint density at radius 3 is 2.68 bits per heavy atom. The summed E-state index contributed by atoms with van der Waals surface area (Å²) in [4.78, 5) is 1.83. The number of hydrogen-bond acceptors (Lipinski definition) is 5. The number of thioether (sulfide) groups is 1. The van der Waals surface area contributed by atoms with Gasteiger partial charge in [-0.1, -0.05) is 17.8 Å². The van der Waals surface area contributed by atoms with Gasteiger partial charge in [-0.3, -0.25) is 4.90 Å². The predicted octanol–water partition coefficient (Wildman–Crippen LogP) is 3.09. The van der Waals surface area contributed by atoms with Crippen molar-refractivity contribution in [2.45, 2.75) is 43.7 Å². The minimum Gasteiger partial charge on any atom is -0.376 e. The number of aromatic nitrogens is 3. The number of nitrogens with zero attached hydrogens (tertiary/aromatic N) is 4. The van der Waals surface area contributed by atoms with E-state index in [0.717, 1.165) is 30.4 Å². The molecule has 1 aromatic heterocycles. The first kappa shape index (κ1) is 18.3. The van der Waals surface area contributed by atoms with Crippen molar-refractivity contribution in [2.75, 3.05) is 19.9 Å². The van der Waals surface area contributed by atoms with Crippen molar-refractivity contribution in [2.24, 2.45) is 0 Å². The van der Waals surface area contributed by atoms with Crippen molar-refractivity contribution in [3.05, 3.63) is 41.2 Å². The lowest BCUT2D eigenvalue weighted by atomic mass is 10.2. The largest absolute Gasteiger partial charge is 0.376 e. The average molecular weight is 368 g/mol. The highest BCUT2D eigenvalue weighted by Crippen LogP contribution is 2.21. The van der Waals surface area contributed by atoms with Gasteiger partial charge in [0.2, 0.25) is 0 Å². The summed E-state index contributed by atoms with van der Waals surface area (Å²) < 4.78 is 35.4. The molecular formula is C17H22F2N4OS. The van der Waals surface area contributed by atoms with Crippen molar-refractivity contribution >= 4 is 11.8 Å². The summed E-state index contributed by atoms with van der Waals surface area (Å²) in [5.74, 6) is -0.283. The van der Waals surface area contributed by atoms with Crippen LogP contribution in [0.2, 0.25) is 0 Å². The maximum absolute atomic E-state index is 13.8. The van der Waals surface area contributed by atoms with Gasteiger partial charge in [0.25, 0.3) is 0 Å². The van der Waals surface area contributed by atoms with Crippen LogP contribution in [0.25, 0.3) is 0 Å². The van der Waals surface area contributed by atoms with Crippen molar-refractivity contribution in [3.8, 4) is 0 Å². The van der Waals surface area contributed by atoms with E-state index < -0.39 is 11.6 Å². The van der Waals surface area contributed by atoms with Gasteiger partial charge in [-0.05, 0) is 38.3 Å². The van der Waals surface area contributed by atoms with Crippen LogP contribution in [0.3, 0.4) is 0 Å². The van der Waals surface area contributed by atoms with E-state index in [1.54, 1.807) is 0 Å². The van der Waals surface area contributed by atoms with Crippen LogP contribution in [-0.4, -0.2) is 45.7 Å². The second-order valence-electron chi connectivity index (χ2n) is 6.22. The fourth-order valence-corrected chi connectivity index (χ4v) is 3.54. The smallest absolute Gasteiger partial charge is 0.191 e. The van der Waals surface area contributed by atoms with E-state index in [-0.39, 0.29) is 18.2 Å². The van der Waals surface area contributed by atoms with Crippen molar-refractivity contribution in [1.29, 1.82) is 0 Å². The van der Waals surface area contributed by atoms with Gasteiger partial charge in [-0.15, -0.1) is 10.2 Å². The molecule has 1 aliphatic heterocycles. The monoisotopic (exact) mass is 368 g/mol. The van der Waals surface area contributed by atoms with E-state index in [2.05, 4.69) is 14.8 Å². The van der Waals surface area contributed by atoms with Crippen LogP contribution in [-0.2, 0) is 24.4 Å². The third-order valence-electron chi connectivity index (χ3n) is 4.29. The molecule has 1 aliphatic rings. The van der Waals surface area contributed by atoms with Gasteiger partial charge in [0.1, 0.15) is 17.5 Å². The zero-order valence-electron chi connectivity index (χ0n) is 14.4. The molecule has 2 aromatic rings. The summed E-state index contributed by atoms with van der Waals surface area (Å²) in [6.45, 7) is 2.12. The molecule has 0 bridgehead atoms. The molecule has 1 saturated heterocycles. The molecule has 0 spiro atoms. The first-order valence-electron chi connectivity index (χ1n) is 8.27. The molecule has 3 rings (SSSR count). The molecule has 0 radical (unpaired) electrons. The minimum atomic E-state index is -0.530. The van der Waals surface area contributed by atoms with Gasteiger partial charge in [0, 0.05) is 18.7 Å². The Bertz CT molecular complexity index is 698. The fraction of sp³-hybridized carbons (Fsp3) is 0.529. The molecular weight excluding hydrogens is 346 g/mol. The Morgan fingerprint density at radius 1 is 1.28 bits per heavy atom. The number of hydrogen-bond donors (Lipinski definition) is 0. The second-order valence-corrected chi connectivity index (χ2v) is 6.99. The van der Waals surface area contributed by atoms with Crippen molar-refractivity contribution in [1.82, 2.24) is 19.7 Å². The third kappa shape index (κ3) is 4.37. The number of halogens is 2. The highest BCUT2D eigenvalue weighted by molar-refractivity contribution is 7.98. The van der Waals surface area contributed by atoms with Crippen LogP contribution in [0, 0.1) is 11.6 Å². The quantitative estimate of drug-likeness (QED) is 0.703. The van der Waals surface area contributed by atoms with Crippen LogP contribution < -0.4 is 0 Å².